The van der Waals surface area contributed by atoms with E-state index in [9.17, 15) is 0 Å². The third kappa shape index (κ3) is 3.24. The van der Waals surface area contributed by atoms with Gasteiger partial charge in [0, 0.05) is 18.0 Å². The lowest BCUT2D eigenvalue weighted by Gasteiger charge is -2.06. The van der Waals surface area contributed by atoms with Crippen LogP contribution in [0.5, 0.6) is 5.75 Å². The van der Waals surface area contributed by atoms with Gasteiger partial charge in [0.15, 0.2) is 0 Å². The maximum atomic E-state index is 5.80. The number of rotatable bonds is 6. The molecule has 0 amide bonds. The third-order valence-corrected chi connectivity index (χ3v) is 3.60. The van der Waals surface area contributed by atoms with Crippen LogP contribution in [0.2, 0.25) is 0 Å². The van der Waals surface area contributed by atoms with Crippen LogP contribution in [0, 0.1) is 0 Å². The summed E-state index contributed by atoms with van der Waals surface area (Å²) < 4.78 is 11.5. The molecule has 5 heteroatoms. The van der Waals surface area contributed by atoms with Gasteiger partial charge in [-0.2, -0.15) is 0 Å². The molecule has 0 aliphatic carbocycles. The lowest BCUT2D eigenvalue weighted by atomic mass is 10.0. The van der Waals surface area contributed by atoms with Crippen LogP contribution < -0.4 is 10.1 Å². The molecule has 0 radical (unpaired) electrons. The van der Waals surface area contributed by atoms with Crippen LogP contribution in [0.25, 0.3) is 0 Å². The highest BCUT2D eigenvalue weighted by molar-refractivity contribution is 5.42. The van der Waals surface area contributed by atoms with E-state index in [2.05, 4.69) is 35.4 Å². The molecule has 1 atom stereocenters. The predicted octanol–water partition coefficient (Wildman–Crippen LogP) is 2.52. The van der Waals surface area contributed by atoms with Crippen LogP contribution in [0.1, 0.15) is 43.5 Å². The predicted molar refractivity (Wildman–Crippen MR) is 79.5 cm³/mol. The number of aromatic nitrogens is 2. The molecule has 0 bridgehead atoms. The minimum absolute atomic E-state index is 0.0660. The first-order chi connectivity index (χ1) is 10.2. The van der Waals surface area contributed by atoms with Crippen LogP contribution in [0.15, 0.2) is 28.7 Å². The first-order valence-corrected chi connectivity index (χ1v) is 7.51. The zero-order valence-electron chi connectivity index (χ0n) is 12.5. The number of hydrogen-bond donors (Lipinski definition) is 1. The number of para-hydroxylation sites is 1. The number of ether oxygens (including phenoxy) is 1. The third-order valence-electron chi connectivity index (χ3n) is 3.60. The molecule has 0 saturated heterocycles. The molecule has 3 rings (SSSR count). The Labute approximate surface area is 124 Å². The lowest BCUT2D eigenvalue weighted by Crippen LogP contribution is -2.23. The molecule has 21 heavy (non-hydrogen) atoms. The van der Waals surface area contributed by atoms with E-state index in [1.54, 1.807) is 0 Å². The quantitative estimate of drug-likeness (QED) is 0.827. The molecule has 0 saturated carbocycles. The lowest BCUT2D eigenvalue weighted by molar-refractivity contribution is 0.320. The van der Waals surface area contributed by atoms with Crippen LogP contribution in [0.3, 0.4) is 0 Å². The molecule has 2 aromatic rings. The molecule has 1 unspecified atom stereocenters. The van der Waals surface area contributed by atoms with Gasteiger partial charge in [0.25, 0.3) is 0 Å². The Balaban J connectivity index is 1.61. The largest absolute Gasteiger partial charge is 0.492 e. The van der Waals surface area contributed by atoms with Crippen molar-refractivity contribution in [2.24, 2.45) is 0 Å². The molecule has 0 spiro atoms. The van der Waals surface area contributed by atoms with Gasteiger partial charge in [0.05, 0.1) is 5.92 Å². The molecule has 5 nitrogen and oxygen atoms in total. The Bertz CT molecular complexity index is 595. The average Bonchev–Trinajstić information content (AvgIpc) is 3.09. The zero-order chi connectivity index (χ0) is 14.7. The highest BCUT2D eigenvalue weighted by Gasteiger charge is 2.29. The van der Waals surface area contributed by atoms with Crippen LogP contribution in [0.4, 0.5) is 0 Å². The topological polar surface area (TPSA) is 60.2 Å². The molecule has 1 aromatic heterocycles. The highest BCUT2D eigenvalue weighted by Crippen LogP contribution is 2.37. The second kappa shape index (κ2) is 6.26. The number of hydrogen-bond acceptors (Lipinski definition) is 5. The summed E-state index contributed by atoms with van der Waals surface area (Å²) in [4.78, 5) is 0. The summed E-state index contributed by atoms with van der Waals surface area (Å²) in [6.45, 7) is 5.82. The molecule has 112 valence electrons. The van der Waals surface area contributed by atoms with Crippen molar-refractivity contribution in [3.8, 4) is 5.75 Å². The smallest absolute Gasteiger partial charge is 0.227 e. The molecule has 2 heterocycles. The van der Waals surface area contributed by atoms with Gasteiger partial charge in [0.1, 0.15) is 12.4 Å². The van der Waals surface area contributed by atoms with E-state index < -0.39 is 0 Å². The normalized spacial score (nSPS) is 17.0. The molecular formula is C16H21N3O2. The van der Waals surface area contributed by atoms with Gasteiger partial charge in [-0.05, 0) is 19.0 Å². The monoisotopic (exact) mass is 287 g/mol. The Morgan fingerprint density at radius 3 is 3.00 bits per heavy atom. The van der Waals surface area contributed by atoms with Crippen LogP contribution in [-0.2, 0) is 6.42 Å². The number of benzene rings is 1. The van der Waals surface area contributed by atoms with Gasteiger partial charge in [-0.3, -0.25) is 0 Å². The first kappa shape index (κ1) is 14.1. The standard InChI is InChI=1S/C16H21N3O2/c1-11(2)17-9-5-8-15-18-19-16(21-15)13-10-20-14-7-4-3-6-12(13)14/h3-4,6-7,11,13,17H,5,8-10H2,1-2H3. The van der Waals surface area contributed by atoms with Gasteiger partial charge in [0.2, 0.25) is 11.8 Å². The van der Waals surface area contributed by atoms with Crippen molar-refractivity contribution < 1.29 is 9.15 Å². The molecule has 1 N–H and O–H groups in total. The fraction of sp³-hybridized carbons (Fsp3) is 0.500. The van der Waals surface area contributed by atoms with Gasteiger partial charge in [-0.1, -0.05) is 32.0 Å². The maximum Gasteiger partial charge on any atom is 0.227 e. The SMILES string of the molecule is CC(C)NCCCc1nnc(C2COc3ccccc32)o1. The minimum atomic E-state index is 0.0660. The van der Waals surface area contributed by atoms with E-state index in [1.165, 1.54) is 0 Å². The average molecular weight is 287 g/mol. The van der Waals surface area contributed by atoms with E-state index in [1.807, 2.05) is 18.2 Å². The van der Waals surface area contributed by atoms with Gasteiger partial charge < -0.3 is 14.5 Å². The van der Waals surface area contributed by atoms with Crippen molar-refractivity contribution in [3.05, 3.63) is 41.6 Å². The molecule has 1 aromatic carbocycles. The Kier molecular flexibility index (Phi) is 4.20. The molecular weight excluding hydrogens is 266 g/mol. The van der Waals surface area contributed by atoms with Crippen LogP contribution >= 0.6 is 0 Å². The first-order valence-electron chi connectivity index (χ1n) is 7.51. The van der Waals surface area contributed by atoms with Crippen molar-refractivity contribution in [3.63, 3.8) is 0 Å². The minimum Gasteiger partial charge on any atom is -0.492 e. The van der Waals surface area contributed by atoms with Crippen LogP contribution in [-0.4, -0.2) is 29.4 Å². The molecule has 1 aliphatic heterocycles. The Hall–Kier alpha value is -1.88. The second-order valence-electron chi connectivity index (χ2n) is 5.65. The number of aryl methyl sites for hydroxylation is 1. The van der Waals surface area contributed by atoms with E-state index in [0.29, 0.717) is 24.4 Å². The van der Waals surface area contributed by atoms with Crippen molar-refractivity contribution in [1.82, 2.24) is 15.5 Å². The van der Waals surface area contributed by atoms with Crippen molar-refractivity contribution in [1.29, 1.82) is 0 Å². The molecule has 0 fully saturated rings. The second-order valence-corrected chi connectivity index (χ2v) is 5.65. The Morgan fingerprint density at radius 2 is 2.14 bits per heavy atom. The molecule has 1 aliphatic rings. The summed E-state index contributed by atoms with van der Waals surface area (Å²) in [6, 6.07) is 8.53. The van der Waals surface area contributed by atoms with E-state index in [4.69, 9.17) is 9.15 Å². The fourth-order valence-electron chi connectivity index (χ4n) is 2.51. The summed E-state index contributed by atoms with van der Waals surface area (Å²) in [7, 11) is 0. The van der Waals surface area contributed by atoms with Gasteiger partial charge >= 0.3 is 0 Å². The van der Waals surface area contributed by atoms with E-state index in [0.717, 1.165) is 30.7 Å². The summed E-state index contributed by atoms with van der Waals surface area (Å²) in [5.41, 5.74) is 1.13. The highest BCUT2D eigenvalue weighted by atomic mass is 16.5. The van der Waals surface area contributed by atoms with Gasteiger partial charge in [-0.15, -0.1) is 10.2 Å². The van der Waals surface area contributed by atoms with Crippen molar-refractivity contribution >= 4 is 0 Å². The van der Waals surface area contributed by atoms with Crippen molar-refractivity contribution in [2.45, 2.75) is 38.6 Å². The van der Waals surface area contributed by atoms with E-state index >= 15 is 0 Å². The summed E-state index contributed by atoms with van der Waals surface area (Å²) in [5, 5.41) is 11.7. The van der Waals surface area contributed by atoms with Gasteiger partial charge in [-0.25, -0.2) is 0 Å². The summed E-state index contributed by atoms with van der Waals surface area (Å²) in [5.74, 6) is 2.35. The fourth-order valence-corrected chi connectivity index (χ4v) is 2.51. The number of nitrogens with zero attached hydrogens (tertiary/aromatic N) is 2. The number of fused-ring (bicyclic) bond motifs is 1. The van der Waals surface area contributed by atoms with Crippen molar-refractivity contribution in [2.75, 3.05) is 13.2 Å². The Morgan fingerprint density at radius 1 is 1.29 bits per heavy atom. The summed E-state index contributed by atoms with van der Waals surface area (Å²) in [6.07, 6.45) is 1.81. The maximum absolute atomic E-state index is 5.80. The zero-order valence-corrected chi connectivity index (χ0v) is 12.5. The van der Waals surface area contributed by atoms with E-state index in [-0.39, 0.29) is 5.92 Å². The summed E-state index contributed by atoms with van der Waals surface area (Å²) >= 11 is 0. The number of nitrogens with one attached hydrogen (secondary N) is 1.